The minimum Gasteiger partial charge on any atom is -0.491 e. The maximum atomic E-state index is 13.0. The lowest BCUT2D eigenvalue weighted by Crippen LogP contribution is -2.46. The number of alkyl halides is 2. The predicted molar refractivity (Wildman–Crippen MR) is 139 cm³/mol. The number of hydrogen-bond donors (Lipinski definition) is 3. The van der Waals surface area contributed by atoms with Crippen molar-refractivity contribution in [2.24, 2.45) is 0 Å². The van der Waals surface area contributed by atoms with Crippen molar-refractivity contribution < 1.29 is 23.4 Å². The summed E-state index contributed by atoms with van der Waals surface area (Å²) < 4.78 is 37.3. The molecule has 0 saturated carbocycles. The van der Waals surface area contributed by atoms with Gasteiger partial charge >= 0.3 is 0 Å². The molecule has 4 rings (SSSR count). The summed E-state index contributed by atoms with van der Waals surface area (Å²) in [5.41, 5.74) is 2.29. The van der Waals surface area contributed by atoms with Crippen molar-refractivity contribution in [1.82, 2.24) is 20.2 Å². The maximum Gasteiger partial charge on any atom is 0.255 e. The number of aliphatic hydroxyl groups is 1. The number of nitrogens with zero attached hydrogens (tertiary/aromatic N) is 4. The van der Waals surface area contributed by atoms with E-state index in [4.69, 9.17) is 19.4 Å². The molecule has 0 aliphatic carbocycles. The predicted octanol–water partition coefficient (Wildman–Crippen LogP) is 2.51. The van der Waals surface area contributed by atoms with Gasteiger partial charge in [0, 0.05) is 43.1 Å². The molecule has 0 radical (unpaired) electrons. The van der Waals surface area contributed by atoms with Gasteiger partial charge in [-0.25, -0.2) is 18.7 Å². The largest absolute Gasteiger partial charge is 0.491 e. The van der Waals surface area contributed by atoms with Crippen LogP contribution in [0.2, 0.25) is 0 Å². The van der Waals surface area contributed by atoms with Gasteiger partial charge in [0.05, 0.1) is 25.7 Å². The number of halogens is 2. The van der Waals surface area contributed by atoms with Crippen molar-refractivity contribution in [2.45, 2.75) is 31.9 Å². The molecule has 11 heteroatoms. The van der Waals surface area contributed by atoms with Gasteiger partial charge in [0.25, 0.3) is 6.43 Å². The van der Waals surface area contributed by atoms with Crippen molar-refractivity contribution in [1.29, 1.82) is 0 Å². The van der Waals surface area contributed by atoms with Crippen LogP contribution in [0.15, 0.2) is 36.5 Å². The zero-order valence-electron chi connectivity index (χ0n) is 21.4. The van der Waals surface area contributed by atoms with Gasteiger partial charge in [0.15, 0.2) is 5.82 Å². The van der Waals surface area contributed by atoms with Crippen molar-refractivity contribution in [2.75, 3.05) is 69.8 Å². The third-order valence-electron chi connectivity index (χ3n) is 6.48. The van der Waals surface area contributed by atoms with E-state index in [9.17, 15) is 13.9 Å². The molecule has 2 aliphatic rings. The summed E-state index contributed by atoms with van der Waals surface area (Å²) in [6, 6.07) is 7.60. The summed E-state index contributed by atoms with van der Waals surface area (Å²) in [6.07, 6.45) is -2.15. The lowest BCUT2D eigenvalue weighted by atomic mass is 10.1. The van der Waals surface area contributed by atoms with Gasteiger partial charge in [-0.1, -0.05) is 18.7 Å². The van der Waals surface area contributed by atoms with Crippen LogP contribution in [0.4, 0.5) is 20.4 Å². The number of anilines is 2. The molecular weight excluding hydrogens is 482 g/mol. The van der Waals surface area contributed by atoms with E-state index in [1.165, 1.54) is 0 Å². The Labute approximate surface area is 216 Å². The van der Waals surface area contributed by atoms with Crippen molar-refractivity contribution in [3.8, 4) is 17.1 Å². The Kier molecular flexibility index (Phi) is 9.12. The highest BCUT2D eigenvalue weighted by molar-refractivity contribution is 5.67. The second-order valence-corrected chi connectivity index (χ2v) is 9.42. The second-order valence-electron chi connectivity index (χ2n) is 9.42. The van der Waals surface area contributed by atoms with Crippen LogP contribution < -0.4 is 20.3 Å². The minimum absolute atomic E-state index is 0.149. The number of benzene rings is 1. The molecule has 1 aromatic heterocycles. The number of ether oxygens (including phenoxy) is 2. The highest BCUT2D eigenvalue weighted by Crippen LogP contribution is 2.31. The molecule has 37 heavy (non-hydrogen) atoms. The molecule has 3 heterocycles. The lowest BCUT2D eigenvalue weighted by Gasteiger charge is -2.39. The molecular formula is C26H36F2N6O3. The molecule has 0 bridgehead atoms. The van der Waals surface area contributed by atoms with E-state index in [-0.39, 0.29) is 19.2 Å². The van der Waals surface area contributed by atoms with Crippen molar-refractivity contribution >= 4 is 11.6 Å². The molecule has 2 aliphatic heterocycles. The molecule has 0 amide bonds. The van der Waals surface area contributed by atoms with Crippen LogP contribution in [0.3, 0.4) is 0 Å². The standard InChI is InChI=1S/C26H36F2N6O3/c1-17-13-34(9-8-33(17)14-23(27)28)26-18(2)24(30-20-7-10-36-15-20)31-25(32-26)19-5-4-6-22(11-19)37-16-21(35)12-29-3/h4-6,11,20-21,23,29,35H,1,7-10,12-16H2,2-3H3,(H,30,31,32)/t20-,21?/m1/s1. The van der Waals surface area contributed by atoms with Crippen LogP contribution in [0.25, 0.3) is 11.4 Å². The van der Waals surface area contributed by atoms with E-state index in [0.717, 1.165) is 23.4 Å². The first-order valence-electron chi connectivity index (χ1n) is 12.6. The minimum atomic E-state index is -2.41. The summed E-state index contributed by atoms with van der Waals surface area (Å²) in [6.45, 7) is 8.97. The van der Waals surface area contributed by atoms with Gasteiger partial charge < -0.3 is 35.0 Å². The number of piperazine rings is 1. The quantitative estimate of drug-likeness (QED) is 0.415. The molecule has 9 nitrogen and oxygen atoms in total. The van der Waals surface area contributed by atoms with Crippen LogP contribution in [0, 0.1) is 6.92 Å². The highest BCUT2D eigenvalue weighted by atomic mass is 19.3. The molecule has 1 aromatic carbocycles. The Bertz CT molecular complexity index is 1070. The maximum absolute atomic E-state index is 13.0. The average molecular weight is 519 g/mol. The summed E-state index contributed by atoms with van der Waals surface area (Å²) >= 11 is 0. The number of nitrogens with one attached hydrogen (secondary N) is 2. The number of rotatable bonds is 11. The second kappa shape index (κ2) is 12.5. The van der Waals surface area contributed by atoms with Crippen LogP contribution in [-0.2, 0) is 4.74 Å². The fourth-order valence-corrected chi connectivity index (χ4v) is 4.50. The number of aliphatic hydroxyl groups excluding tert-OH is 1. The molecule has 2 fully saturated rings. The summed E-state index contributed by atoms with van der Waals surface area (Å²) in [5, 5.41) is 16.4. The number of aromatic nitrogens is 2. The molecule has 2 aromatic rings. The Morgan fingerprint density at radius 2 is 2.14 bits per heavy atom. The number of hydrogen-bond acceptors (Lipinski definition) is 9. The van der Waals surface area contributed by atoms with Gasteiger partial charge in [-0.3, -0.25) is 0 Å². The van der Waals surface area contributed by atoms with Crippen LogP contribution in [0.5, 0.6) is 5.75 Å². The van der Waals surface area contributed by atoms with Gasteiger partial charge in [-0.15, -0.1) is 0 Å². The van der Waals surface area contributed by atoms with E-state index < -0.39 is 12.5 Å². The van der Waals surface area contributed by atoms with E-state index >= 15 is 0 Å². The van der Waals surface area contributed by atoms with Crippen LogP contribution in [-0.4, -0.2) is 98.1 Å². The summed E-state index contributed by atoms with van der Waals surface area (Å²) in [4.78, 5) is 13.5. The zero-order valence-corrected chi connectivity index (χ0v) is 21.4. The third-order valence-corrected chi connectivity index (χ3v) is 6.48. The Morgan fingerprint density at radius 1 is 1.30 bits per heavy atom. The van der Waals surface area contributed by atoms with Crippen LogP contribution in [0.1, 0.15) is 12.0 Å². The van der Waals surface area contributed by atoms with Gasteiger partial charge in [0.1, 0.15) is 30.1 Å². The normalized spacial score (nSPS) is 19.0. The van der Waals surface area contributed by atoms with E-state index in [1.54, 1.807) is 11.9 Å². The number of likely N-dealkylation sites (N-methyl/N-ethyl adjacent to an activating group) is 1. The fourth-order valence-electron chi connectivity index (χ4n) is 4.50. The Hall–Kier alpha value is -3.02. The van der Waals surface area contributed by atoms with E-state index in [2.05, 4.69) is 22.1 Å². The smallest absolute Gasteiger partial charge is 0.255 e. The zero-order chi connectivity index (χ0) is 26.4. The first kappa shape index (κ1) is 27.0. The van der Waals surface area contributed by atoms with Gasteiger partial charge in [-0.05, 0) is 32.5 Å². The monoisotopic (exact) mass is 518 g/mol. The topological polar surface area (TPSA) is 95.0 Å². The van der Waals surface area contributed by atoms with Gasteiger partial charge in [-0.2, -0.15) is 0 Å². The Morgan fingerprint density at radius 3 is 2.84 bits per heavy atom. The average Bonchev–Trinajstić information content (AvgIpc) is 3.38. The van der Waals surface area contributed by atoms with Crippen molar-refractivity contribution in [3.63, 3.8) is 0 Å². The lowest BCUT2D eigenvalue weighted by molar-refractivity contribution is 0.100. The molecule has 3 N–H and O–H groups in total. The SMILES string of the molecule is C=C1CN(c2nc(-c3cccc(OCC(O)CNC)c3)nc(N[C@@H]3CCOC3)c2C)CCN1CC(F)F. The van der Waals surface area contributed by atoms with Crippen LogP contribution >= 0.6 is 0 Å². The van der Waals surface area contributed by atoms with Gasteiger partial charge in [0.2, 0.25) is 0 Å². The summed E-state index contributed by atoms with van der Waals surface area (Å²) in [7, 11) is 1.77. The molecule has 202 valence electrons. The Balaban J connectivity index is 1.62. The first-order chi connectivity index (χ1) is 17.8. The third kappa shape index (κ3) is 7.06. The molecule has 0 spiro atoms. The summed E-state index contributed by atoms with van der Waals surface area (Å²) in [5.74, 6) is 2.57. The highest BCUT2D eigenvalue weighted by Gasteiger charge is 2.27. The first-order valence-corrected chi connectivity index (χ1v) is 12.6. The molecule has 2 atom stereocenters. The fraction of sp³-hybridized carbons (Fsp3) is 0.538. The molecule has 1 unspecified atom stereocenters. The van der Waals surface area contributed by atoms with E-state index in [1.807, 2.05) is 31.2 Å². The van der Waals surface area contributed by atoms with E-state index in [0.29, 0.717) is 62.5 Å². The molecule has 2 saturated heterocycles. The van der Waals surface area contributed by atoms with Crippen molar-refractivity contribution in [3.05, 3.63) is 42.1 Å².